The van der Waals surface area contributed by atoms with E-state index in [1.54, 1.807) is 0 Å². The van der Waals surface area contributed by atoms with Gasteiger partial charge in [-0.3, -0.25) is 10.5 Å². The first-order valence-corrected chi connectivity index (χ1v) is 0.447. The number of nitrogens with zero attached hydrogens (tertiary/aromatic N) is 2. The van der Waals surface area contributed by atoms with Gasteiger partial charge in [0, 0.05) is 0 Å². The Labute approximate surface area is 124 Å². The molecule has 0 N–H and O–H groups in total. The average molecular weight is 150 g/mol. The summed E-state index contributed by atoms with van der Waals surface area (Å²) in [5.41, 5.74) is 0. The molecule has 0 rings (SSSR count). The molecule has 0 aromatic carbocycles. The first kappa shape index (κ1) is 30.4. The Morgan fingerprint density at radius 1 is 0.889 bits per heavy atom. The molecule has 0 aromatic rings. The number of hydrogen-bond donors (Lipinski definition) is 0. The van der Waals surface area contributed by atoms with E-state index in [1.807, 2.05) is 11.9 Å². The fourth-order valence-corrected chi connectivity index (χ4v) is 0. The van der Waals surface area contributed by atoms with Crippen LogP contribution in [0.5, 0.6) is 0 Å². The third kappa shape index (κ3) is 149. The third-order valence-corrected chi connectivity index (χ3v) is 0. The van der Waals surface area contributed by atoms with Crippen molar-refractivity contribution in [3.05, 3.63) is 0 Å². The standard InChI is InChI=1S/2CH3BN.3Na.H/c2*2-1-3;;;;/h2*2H3;;;;/q2*-1;;2*+1;. The molecule has 0 unspecified atom stereocenters. The van der Waals surface area contributed by atoms with E-state index in [4.69, 9.17) is 10.5 Å². The van der Waals surface area contributed by atoms with Gasteiger partial charge in [-0.25, -0.2) is 0 Å². The molecule has 0 aromatic heterocycles. The Morgan fingerprint density at radius 3 is 0.889 bits per heavy atom. The molecule has 0 saturated heterocycles. The molecule has 0 aliphatic rings. The van der Waals surface area contributed by atoms with E-state index in [9.17, 15) is 0 Å². The van der Waals surface area contributed by atoms with Gasteiger partial charge in [-0.05, 0) is 0 Å². The molecule has 0 aliphatic heterocycles. The molecule has 2 nitrogen and oxygen atoms in total. The van der Waals surface area contributed by atoms with Crippen molar-refractivity contribution in [2.24, 2.45) is 0 Å². The molecule has 34 valence electrons. The summed E-state index contributed by atoms with van der Waals surface area (Å²) in [7, 11) is 0.139. The van der Waals surface area contributed by atoms with Crippen LogP contribution < -0.4 is 59.1 Å². The molecule has 0 heterocycles. The molecule has 0 bridgehead atoms. The molecular formula is C2H7B2N2Na3. The van der Waals surface area contributed by atoms with E-state index in [1.165, 1.54) is 0 Å². The van der Waals surface area contributed by atoms with Gasteiger partial charge in [-0.1, -0.05) is 0 Å². The van der Waals surface area contributed by atoms with Crippen LogP contribution in [-0.4, -0.2) is 45.2 Å². The zero-order chi connectivity index (χ0) is 5.41. The van der Waals surface area contributed by atoms with Crippen molar-refractivity contribution in [2.45, 2.75) is 0 Å². The van der Waals surface area contributed by atoms with Crippen molar-refractivity contribution in [3.8, 4) is 11.9 Å². The van der Waals surface area contributed by atoms with Crippen molar-refractivity contribution in [1.82, 2.24) is 0 Å². The van der Waals surface area contributed by atoms with Gasteiger partial charge in [0.15, 0.2) is 0 Å². The normalized spacial score (nSPS) is 1.78. The van der Waals surface area contributed by atoms with Crippen LogP contribution in [0.25, 0.3) is 0 Å². The van der Waals surface area contributed by atoms with E-state index in [0.717, 1.165) is 0 Å². The van der Waals surface area contributed by atoms with Crippen LogP contribution in [0.15, 0.2) is 0 Å². The second-order valence-electron chi connectivity index (χ2n) is 0. The molecule has 0 aliphatic carbocycles. The number of nitriles is 2. The SMILES string of the molecule is [BH3-]C#N.[BH3-]C#N.[Na+].[Na+].[NaH]. The van der Waals surface area contributed by atoms with E-state index in [-0.39, 0.29) is 104 Å². The maximum absolute atomic E-state index is 7.43. The molecule has 0 fully saturated rings. The Balaban J connectivity index is -0.00000000889. The molecule has 7 heteroatoms. The summed E-state index contributed by atoms with van der Waals surface area (Å²) in [5, 5.41) is 14.9. The molecule has 0 saturated carbocycles. The van der Waals surface area contributed by atoms with Gasteiger partial charge < -0.3 is 0 Å². The Morgan fingerprint density at radius 2 is 0.889 bits per heavy atom. The van der Waals surface area contributed by atoms with Gasteiger partial charge in [0.1, 0.15) is 0 Å². The quantitative estimate of drug-likeness (QED) is 0.322. The van der Waals surface area contributed by atoms with Gasteiger partial charge >= 0.3 is 88.7 Å². The van der Waals surface area contributed by atoms with Gasteiger partial charge in [-0.15, -0.1) is 0 Å². The van der Waals surface area contributed by atoms with Crippen LogP contribution in [0, 0.1) is 22.5 Å². The van der Waals surface area contributed by atoms with E-state index in [2.05, 4.69) is 0 Å². The monoisotopic (exact) mass is 150 g/mol. The second-order valence-corrected chi connectivity index (χ2v) is 0. The van der Waals surface area contributed by atoms with Crippen molar-refractivity contribution in [1.29, 1.82) is 10.5 Å². The minimum absolute atomic E-state index is 0. The molecule has 0 atom stereocenters. The van der Waals surface area contributed by atoms with E-state index >= 15 is 0 Å². The van der Waals surface area contributed by atoms with Crippen LogP contribution >= 0.6 is 0 Å². The number of hydrogen-bond acceptors (Lipinski definition) is 2. The summed E-state index contributed by atoms with van der Waals surface area (Å²) in [4.78, 5) is 0. The average Bonchev–Trinajstić information content (AvgIpc) is 1.39. The second kappa shape index (κ2) is 49.7. The number of rotatable bonds is 0. The van der Waals surface area contributed by atoms with Gasteiger partial charge in [0.2, 0.25) is 0 Å². The summed E-state index contributed by atoms with van der Waals surface area (Å²) in [6.07, 6.45) is 0. The van der Waals surface area contributed by atoms with Crippen molar-refractivity contribution in [2.75, 3.05) is 0 Å². The fraction of sp³-hybridized carbons (Fsp3) is 0. The summed E-state index contributed by atoms with van der Waals surface area (Å²) in [5.74, 6) is 4.00. The topological polar surface area (TPSA) is 47.6 Å². The van der Waals surface area contributed by atoms with Crippen molar-refractivity contribution >= 4 is 45.2 Å². The Kier molecular flexibility index (Phi) is 168. The molecule has 9 heavy (non-hydrogen) atoms. The zero-order valence-corrected chi connectivity index (χ0v) is 7.89. The predicted octanol–water partition coefficient (Wildman–Crippen LogP) is -8.97. The third-order valence-electron chi connectivity index (χ3n) is 0. The van der Waals surface area contributed by atoms with Crippen LogP contribution in [-0.2, 0) is 0 Å². The first-order valence-electron chi connectivity index (χ1n) is 0.447. The van der Waals surface area contributed by atoms with Crippen molar-refractivity contribution < 1.29 is 59.1 Å². The zero-order valence-electron chi connectivity index (χ0n) is 3.89. The van der Waals surface area contributed by atoms with Gasteiger partial charge in [0.05, 0.1) is 15.7 Å². The predicted molar refractivity (Wildman–Crippen MR) is 38.3 cm³/mol. The first-order chi connectivity index (χ1) is 2.83. The van der Waals surface area contributed by atoms with Gasteiger partial charge in [-0.2, -0.15) is 11.9 Å². The van der Waals surface area contributed by atoms with Crippen LogP contribution in [0.3, 0.4) is 0 Å². The summed E-state index contributed by atoms with van der Waals surface area (Å²) in [6.45, 7) is 0. The summed E-state index contributed by atoms with van der Waals surface area (Å²) >= 11 is 0. The Bertz CT molecular complexity index is 72.8. The minimum atomic E-state index is 0. The molecule has 0 amide bonds. The molecular weight excluding hydrogens is 143 g/mol. The molecule has 0 spiro atoms. The van der Waals surface area contributed by atoms with Crippen molar-refractivity contribution in [3.63, 3.8) is 0 Å². The van der Waals surface area contributed by atoms with Gasteiger partial charge in [0.25, 0.3) is 0 Å². The van der Waals surface area contributed by atoms with Crippen LogP contribution in [0.4, 0.5) is 0 Å². The van der Waals surface area contributed by atoms with E-state index in [0.29, 0.717) is 0 Å². The Hall–Kier alpha value is 2.11. The summed E-state index contributed by atoms with van der Waals surface area (Å²) in [6, 6.07) is 0. The van der Waals surface area contributed by atoms with Crippen LogP contribution in [0.2, 0.25) is 0 Å². The van der Waals surface area contributed by atoms with Crippen LogP contribution in [0.1, 0.15) is 0 Å². The maximum atomic E-state index is 7.43. The summed E-state index contributed by atoms with van der Waals surface area (Å²) < 4.78 is 0. The molecule has 0 radical (unpaired) electrons. The fourth-order valence-electron chi connectivity index (χ4n) is 0. The van der Waals surface area contributed by atoms with E-state index < -0.39 is 0 Å².